The summed E-state index contributed by atoms with van der Waals surface area (Å²) in [5.41, 5.74) is 2.50. The topological polar surface area (TPSA) is 66.5 Å². The van der Waals surface area contributed by atoms with Gasteiger partial charge in [0.2, 0.25) is 0 Å². The summed E-state index contributed by atoms with van der Waals surface area (Å²) < 4.78 is 29.6. The summed E-state index contributed by atoms with van der Waals surface area (Å²) in [5.74, 6) is 5.15. The SMILES string of the molecule is CCCCCCCC/C=C\CCCCCCCCOCC(CN1CCCCC1)OCCOC(=O)OCCO[C@H]1CC[C@@]2(C)C(=CC[C@H]3[C@@H]4CC[C@H]([C@H](C)CCCC(C)C)[C@@]4(C)CC[C@@H]32)C1. The number of hydrogen-bond acceptors (Lipinski definition) is 7. The number of fused-ring (bicyclic) bond motifs is 5. The highest BCUT2D eigenvalue weighted by atomic mass is 16.7. The number of unbranched alkanes of at least 4 members (excludes halogenated alkanes) is 12. The molecule has 0 aromatic carbocycles. The van der Waals surface area contributed by atoms with Gasteiger partial charge >= 0.3 is 6.16 Å². The van der Waals surface area contributed by atoms with E-state index in [-0.39, 0.29) is 25.4 Å². The molecule has 0 bridgehead atoms. The first-order valence-corrected chi connectivity index (χ1v) is 28.3. The van der Waals surface area contributed by atoms with E-state index in [9.17, 15) is 4.79 Å². The van der Waals surface area contributed by atoms with Crippen LogP contribution in [-0.4, -0.2) is 82.5 Å². The Bertz CT molecular complexity index is 1340. The van der Waals surface area contributed by atoms with Crippen molar-refractivity contribution >= 4 is 6.16 Å². The van der Waals surface area contributed by atoms with Gasteiger partial charge in [0.1, 0.15) is 13.2 Å². The lowest BCUT2D eigenvalue weighted by Gasteiger charge is -2.58. The van der Waals surface area contributed by atoms with E-state index in [1.54, 1.807) is 5.57 Å². The van der Waals surface area contributed by atoms with Gasteiger partial charge in [-0.3, -0.25) is 0 Å². The van der Waals surface area contributed by atoms with Gasteiger partial charge in [0, 0.05) is 13.2 Å². The molecule has 65 heavy (non-hydrogen) atoms. The van der Waals surface area contributed by atoms with E-state index in [0.29, 0.717) is 30.7 Å². The second-order valence-electron chi connectivity index (χ2n) is 22.8. The van der Waals surface area contributed by atoms with Crippen LogP contribution in [0.5, 0.6) is 0 Å². The lowest BCUT2D eigenvalue weighted by atomic mass is 9.47. The van der Waals surface area contributed by atoms with Crippen LogP contribution in [0.2, 0.25) is 0 Å². The van der Waals surface area contributed by atoms with Crippen molar-refractivity contribution in [2.45, 2.75) is 234 Å². The Morgan fingerprint density at radius 3 is 2.15 bits per heavy atom. The van der Waals surface area contributed by atoms with Crippen LogP contribution in [0.1, 0.15) is 221 Å². The van der Waals surface area contributed by atoms with Crippen LogP contribution in [0.4, 0.5) is 4.79 Å². The third kappa shape index (κ3) is 18.1. The van der Waals surface area contributed by atoms with Crippen molar-refractivity contribution in [3.63, 3.8) is 0 Å². The number of likely N-dealkylation sites (tertiary alicyclic amines) is 1. The van der Waals surface area contributed by atoms with Crippen molar-refractivity contribution in [2.75, 3.05) is 59.3 Å². The zero-order valence-electron chi connectivity index (χ0n) is 43.4. The molecule has 7 nitrogen and oxygen atoms in total. The maximum absolute atomic E-state index is 12.5. The number of carbonyl (C=O) groups is 1. The highest BCUT2D eigenvalue weighted by molar-refractivity contribution is 5.59. The summed E-state index contributed by atoms with van der Waals surface area (Å²) in [6.07, 6.45) is 43.7. The molecule has 1 unspecified atom stereocenters. The Hall–Kier alpha value is -1.41. The van der Waals surface area contributed by atoms with Gasteiger partial charge < -0.3 is 28.6 Å². The van der Waals surface area contributed by atoms with E-state index in [4.69, 9.17) is 23.7 Å². The van der Waals surface area contributed by atoms with E-state index in [2.05, 4.69) is 64.7 Å². The summed E-state index contributed by atoms with van der Waals surface area (Å²) in [6.45, 7) is 20.6. The minimum Gasteiger partial charge on any atom is -0.432 e. The summed E-state index contributed by atoms with van der Waals surface area (Å²) in [4.78, 5) is 15.0. The zero-order valence-corrected chi connectivity index (χ0v) is 43.4. The van der Waals surface area contributed by atoms with Gasteiger partial charge in [0.15, 0.2) is 0 Å². The number of allylic oxidation sites excluding steroid dienone is 3. The molecule has 7 heteroatoms. The summed E-state index contributed by atoms with van der Waals surface area (Å²) in [6, 6.07) is 0. The molecule has 1 saturated heterocycles. The minimum absolute atomic E-state index is 0.0239. The zero-order chi connectivity index (χ0) is 46.2. The van der Waals surface area contributed by atoms with Crippen LogP contribution in [0, 0.1) is 46.3 Å². The molecular formula is C58H103NO6. The van der Waals surface area contributed by atoms with Crippen LogP contribution in [-0.2, 0) is 23.7 Å². The second-order valence-corrected chi connectivity index (χ2v) is 22.8. The number of carbonyl (C=O) groups excluding carboxylic acids is 1. The molecule has 3 saturated carbocycles. The van der Waals surface area contributed by atoms with Crippen molar-refractivity contribution in [2.24, 2.45) is 46.3 Å². The molecule has 1 heterocycles. The molecule has 0 spiro atoms. The summed E-state index contributed by atoms with van der Waals surface area (Å²) in [7, 11) is 0. The molecule has 9 atom stereocenters. The number of ether oxygens (including phenoxy) is 5. The molecule has 4 aliphatic carbocycles. The molecule has 0 N–H and O–H groups in total. The van der Waals surface area contributed by atoms with Gasteiger partial charge in [-0.25, -0.2) is 4.79 Å². The maximum atomic E-state index is 12.5. The summed E-state index contributed by atoms with van der Waals surface area (Å²) in [5, 5.41) is 0. The van der Waals surface area contributed by atoms with E-state index in [1.807, 2.05) is 0 Å². The van der Waals surface area contributed by atoms with Gasteiger partial charge in [-0.2, -0.15) is 0 Å². The van der Waals surface area contributed by atoms with Gasteiger partial charge in [-0.05, 0) is 156 Å². The number of piperidine rings is 1. The predicted octanol–water partition coefficient (Wildman–Crippen LogP) is 15.5. The van der Waals surface area contributed by atoms with Crippen LogP contribution < -0.4 is 0 Å². The smallest absolute Gasteiger partial charge is 0.432 e. The quantitative estimate of drug-likeness (QED) is 0.0369. The van der Waals surface area contributed by atoms with Gasteiger partial charge in [-0.15, -0.1) is 0 Å². The van der Waals surface area contributed by atoms with Gasteiger partial charge in [0.05, 0.1) is 32.0 Å². The maximum Gasteiger partial charge on any atom is 0.508 e. The third-order valence-electron chi connectivity index (χ3n) is 17.6. The Kier molecular flexibility index (Phi) is 25.4. The average molecular weight is 910 g/mol. The van der Waals surface area contributed by atoms with Crippen molar-refractivity contribution in [3.8, 4) is 0 Å². The highest BCUT2D eigenvalue weighted by Gasteiger charge is 2.59. The highest BCUT2D eigenvalue weighted by Crippen LogP contribution is 2.67. The van der Waals surface area contributed by atoms with Crippen molar-refractivity contribution in [1.29, 1.82) is 0 Å². The molecule has 0 radical (unpaired) electrons. The fraction of sp³-hybridized carbons (Fsp3) is 0.914. The van der Waals surface area contributed by atoms with Gasteiger partial charge in [-0.1, -0.05) is 149 Å². The lowest BCUT2D eigenvalue weighted by Crippen LogP contribution is -2.51. The minimum atomic E-state index is -0.637. The molecular weight excluding hydrogens is 807 g/mol. The largest absolute Gasteiger partial charge is 0.508 e. The lowest BCUT2D eigenvalue weighted by molar-refractivity contribution is -0.0683. The van der Waals surface area contributed by atoms with Crippen molar-refractivity contribution in [1.82, 2.24) is 4.90 Å². The van der Waals surface area contributed by atoms with Crippen molar-refractivity contribution in [3.05, 3.63) is 23.8 Å². The van der Waals surface area contributed by atoms with Crippen LogP contribution >= 0.6 is 0 Å². The molecule has 0 aromatic heterocycles. The normalized spacial score (nSPS) is 29.0. The first-order valence-electron chi connectivity index (χ1n) is 28.3. The molecule has 0 amide bonds. The Morgan fingerprint density at radius 2 is 1.43 bits per heavy atom. The standard InChI is InChI=1S/C58H103NO6/c1-7-8-9-10-11-12-13-14-15-16-17-18-19-20-21-25-39-61-46-51(45-59-37-23-22-24-38-59)63-41-43-65-56(60)64-42-40-62-50-33-35-57(5)49(44-50)29-30-52-54-32-31-53(48(4)28-26-27-47(2)3)58(54,6)36-34-55(52)57/h14-15,29,47-48,50-55H,7-13,16-28,30-46H2,1-6H3/b15-14-/t48-,50+,51?,52+,53-,54+,55+,57+,58-/m1/s1. The van der Waals surface area contributed by atoms with Gasteiger partial charge in [0.25, 0.3) is 0 Å². The predicted molar refractivity (Wildman–Crippen MR) is 270 cm³/mol. The molecule has 5 aliphatic rings. The second kappa shape index (κ2) is 30.3. The van der Waals surface area contributed by atoms with E-state index in [0.717, 1.165) is 81.0 Å². The monoisotopic (exact) mass is 910 g/mol. The number of hydrogen-bond donors (Lipinski definition) is 0. The molecule has 376 valence electrons. The fourth-order valence-corrected chi connectivity index (χ4v) is 13.8. The Balaban J connectivity index is 0.900. The molecule has 1 aliphatic heterocycles. The van der Waals surface area contributed by atoms with Crippen LogP contribution in [0.25, 0.3) is 0 Å². The molecule has 5 rings (SSSR count). The molecule has 0 aromatic rings. The van der Waals surface area contributed by atoms with Crippen LogP contribution in [0.3, 0.4) is 0 Å². The average Bonchev–Trinajstić information content (AvgIpc) is 3.66. The van der Waals surface area contributed by atoms with Crippen LogP contribution in [0.15, 0.2) is 23.8 Å². The molecule has 4 fully saturated rings. The van der Waals surface area contributed by atoms with E-state index >= 15 is 0 Å². The first-order chi connectivity index (χ1) is 31.6. The first kappa shape index (κ1) is 54.5. The number of nitrogens with zero attached hydrogens (tertiary/aromatic N) is 1. The van der Waals surface area contributed by atoms with Crippen molar-refractivity contribution < 1.29 is 28.5 Å². The number of rotatable bonds is 33. The fourth-order valence-electron chi connectivity index (χ4n) is 13.8. The third-order valence-corrected chi connectivity index (χ3v) is 17.6. The Labute approximate surface area is 401 Å². The summed E-state index contributed by atoms with van der Waals surface area (Å²) >= 11 is 0. The Morgan fingerprint density at radius 1 is 0.738 bits per heavy atom. The van der Waals surface area contributed by atoms with E-state index < -0.39 is 6.16 Å². The van der Waals surface area contributed by atoms with E-state index in [1.165, 1.54) is 161 Å².